The van der Waals surface area contributed by atoms with E-state index >= 15 is 0 Å². The number of carbonyl (C=O) groups excluding carboxylic acids is 4. The fraction of sp³-hybridized carbons (Fsp3) is 0.583. The molecule has 9 nitrogen and oxygen atoms in total. The zero-order valence-corrected chi connectivity index (χ0v) is 19.5. The highest BCUT2D eigenvalue weighted by Crippen LogP contribution is 2.64. The average molecular weight is 476 g/mol. The number of nitrogens with one attached hydrogen (secondary N) is 2. The molecule has 0 radical (unpaired) electrons. The van der Waals surface area contributed by atoms with Crippen LogP contribution in [0.1, 0.15) is 26.7 Å². The minimum Gasteiger partial charge on any atom is -0.494 e. The molecule has 4 rings (SSSR count). The number of methoxy groups -OCH3 is 1. The van der Waals surface area contributed by atoms with E-state index in [2.05, 4.69) is 24.5 Å². The number of carbonyl (C=O) groups is 4. The van der Waals surface area contributed by atoms with Gasteiger partial charge in [-0.3, -0.25) is 14.4 Å². The molecule has 3 fully saturated rings. The van der Waals surface area contributed by atoms with Crippen LogP contribution in [0.25, 0.3) is 0 Å². The molecule has 1 unspecified atom stereocenters. The third-order valence-electron chi connectivity index (χ3n) is 7.48. The maximum atomic E-state index is 13.9. The lowest BCUT2D eigenvalue weighted by molar-refractivity contribution is -0.142. The monoisotopic (exact) mass is 475 g/mol. The summed E-state index contributed by atoms with van der Waals surface area (Å²) >= 11 is 0. The second-order valence-corrected chi connectivity index (χ2v) is 9.79. The Kier molecular flexibility index (Phi) is 6.51. The molecule has 184 valence electrons. The molecule has 2 N–H and O–H groups in total. The van der Waals surface area contributed by atoms with Crippen molar-refractivity contribution in [3.05, 3.63) is 24.0 Å². The van der Waals surface area contributed by atoms with E-state index in [0.29, 0.717) is 25.8 Å². The first-order valence-electron chi connectivity index (χ1n) is 11.5. The van der Waals surface area contributed by atoms with Gasteiger partial charge in [-0.15, -0.1) is 0 Å². The van der Waals surface area contributed by atoms with Crippen LogP contribution in [0.4, 0.5) is 4.39 Å². The van der Waals surface area contributed by atoms with Gasteiger partial charge in [0.2, 0.25) is 11.8 Å². The largest absolute Gasteiger partial charge is 0.494 e. The van der Waals surface area contributed by atoms with Crippen LogP contribution in [-0.4, -0.2) is 67.8 Å². The molecule has 34 heavy (non-hydrogen) atoms. The molecule has 0 spiro atoms. The highest BCUT2D eigenvalue weighted by atomic mass is 19.1. The Morgan fingerprint density at radius 3 is 2.76 bits per heavy atom. The van der Waals surface area contributed by atoms with Crippen molar-refractivity contribution in [3.63, 3.8) is 0 Å². The zero-order valence-electron chi connectivity index (χ0n) is 19.5. The fourth-order valence-corrected chi connectivity index (χ4v) is 5.40. The van der Waals surface area contributed by atoms with Crippen molar-refractivity contribution in [2.24, 2.45) is 23.2 Å². The topological polar surface area (TPSA) is 114 Å². The first-order valence-corrected chi connectivity index (χ1v) is 11.5. The number of halogens is 1. The molecule has 5 atom stereocenters. The number of nitrogens with zero attached hydrogens (tertiary/aromatic N) is 1. The van der Waals surface area contributed by atoms with Gasteiger partial charge in [-0.1, -0.05) is 13.8 Å². The van der Waals surface area contributed by atoms with Crippen molar-refractivity contribution in [2.75, 3.05) is 26.8 Å². The third-order valence-corrected chi connectivity index (χ3v) is 7.48. The van der Waals surface area contributed by atoms with Crippen LogP contribution >= 0.6 is 0 Å². The van der Waals surface area contributed by atoms with Crippen molar-refractivity contribution in [2.45, 2.75) is 38.8 Å². The van der Waals surface area contributed by atoms with Crippen LogP contribution in [0.5, 0.6) is 11.5 Å². The van der Waals surface area contributed by atoms with E-state index in [4.69, 9.17) is 9.47 Å². The molecular formula is C24H30FN3O6. The number of aldehydes is 1. The first kappa shape index (κ1) is 24.0. The van der Waals surface area contributed by atoms with E-state index in [1.807, 2.05) is 0 Å². The number of fused-ring (bicyclic) bond motifs is 1. The van der Waals surface area contributed by atoms with Gasteiger partial charge < -0.3 is 29.8 Å². The maximum Gasteiger partial charge on any atom is 0.261 e. The number of rotatable bonds is 9. The molecule has 10 heteroatoms. The van der Waals surface area contributed by atoms with Gasteiger partial charge >= 0.3 is 0 Å². The molecule has 3 aliphatic rings. The number of ether oxygens (including phenoxy) is 2. The number of piperidine rings is 1. The number of likely N-dealkylation sites (tertiary alicyclic amines) is 1. The fourth-order valence-electron chi connectivity index (χ4n) is 5.40. The Morgan fingerprint density at radius 2 is 2.15 bits per heavy atom. The van der Waals surface area contributed by atoms with Crippen molar-refractivity contribution < 1.29 is 33.0 Å². The second-order valence-electron chi connectivity index (χ2n) is 9.79. The molecule has 2 saturated heterocycles. The minimum absolute atomic E-state index is 0.0306. The van der Waals surface area contributed by atoms with Crippen LogP contribution in [0.2, 0.25) is 0 Å². The first-order chi connectivity index (χ1) is 16.2. The highest BCUT2D eigenvalue weighted by molar-refractivity contribution is 5.91. The SMILES string of the molecule is COc1ccc(OCC(=O)N2C[C@H]3[C@@H](C2C(=O)N[C@H](C=O)C[C@@H]2CCNC2=O)C3(C)C)cc1F. The summed E-state index contributed by atoms with van der Waals surface area (Å²) in [5, 5.41) is 5.47. The predicted molar refractivity (Wildman–Crippen MR) is 118 cm³/mol. The lowest BCUT2D eigenvalue weighted by Crippen LogP contribution is -2.53. The summed E-state index contributed by atoms with van der Waals surface area (Å²) in [6, 6.07) is 2.50. The molecular weight excluding hydrogens is 445 g/mol. The summed E-state index contributed by atoms with van der Waals surface area (Å²) in [7, 11) is 1.35. The predicted octanol–water partition coefficient (Wildman–Crippen LogP) is 0.906. The Morgan fingerprint density at radius 1 is 1.38 bits per heavy atom. The van der Waals surface area contributed by atoms with Gasteiger partial charge in [0, 0.05) is 25.1 Å². The third kappa shape index (κ3) is 4.45. The molecule has 1 aromatic rings. The number of benzene rings is 1. The summed E-state index contributed by atoms with van der Waals surface area (Å²) in [6.45, 7) is 4.73. The van der Waals surface area contributed by atoms with E-state index < -0.39 is 29.7 Å². The van der Waals surface area contributed by atoms with Crippen molar-refractivity contribution >= 4 is 24.0 Å². The Balaban J connectivity index is 1.41. The van der Waals surface area contributed by atoms with Crippen molar-refractivity contribution in [1.82, 2.24) is 15.5 Å². The van der Waals surface area contributed by atoms with Gasteiger partial charge in [0.25, 0.3) is 5.91 Å². The minimum atomic E-state index is -0.808. The molecule has 1 saturated carbocycles. The van der Waals surface area contributed by atoms with Crippen LogP contribution in [0.3, 0.4) is 0 Å². The molecule has 2 heterocycles. The normalized spacial score (nSPS) is 27.4. The smallest absolute Gasteiger partial charge is 0.261 e. The quantitative estimate of drug-likeness (QED) is 0.513. The summed E-state index contributed by atoms with van der Waals surface area (Å²) in [4.78, 5) is 51.2. The van der Waals surface area contributed by atoms with Gasteiger partial charge in [0.15, 0.2) is 18.2 Å². The van der Waals surface area contributed by atoms with E-state index in [9.17, 15) is 23.6 Å². The lowest BCUT2D eigenvalue weighted by atomic mass is 9.97. The van der Waals surface area contributed by atoms with Crippen LogP contribution in [0.15, 0.2) is 18.2 Å². The number of hydrogen-bond donors (Lipinski definition) is 2. The standard InChI is InChI=1S/C24H30FN3O6/c1-24(2)16-10-28(19(30)12-34-15-4-5-18(33-3)17(25)9-15)21(20(16)24)23(32)27-14(11-29)8-13-6-7-26-22(13)31/h4-5,9,11,13-14,16,20-21H,6-8,10,12H2,1-3H3,(H,26,31)(H,27,32)/t13-,14-,16-,20-,21?/m0/s1. The zero-order chi connectivity index (χ0) is 24.6. The van der Waals surface area contributed by atoms with Crippen LogP contribution < -0.4 is 20.1 Å². The van der Waals surface area contributed by atoms with Crippen molar-refractivity contribution in [1.29, 1.82) is 0 Å². The molecule has 3 amide bonds. The molecule has 1 aromatic carbocycles. The summed E-state index contributed by atoms with van der Waals surface area (Å²) in [6.07, 6.45) is 1.49. The highest BCUT2D eigenvalue weighted by Gasteiger charge is 2.69. The lowest BCUT2D eigenvalue weighted by Gasteiger charge is -2.31. The Labute approximate surface area is 197 Å². The Bertz CT molecular complexity index is 999. The molecule has 1 aliphatic carbocycles. The van der Waals surface area contributed by atoms with E-state index in [0.717, 1.165) is 6.07 Å². The van der Waals surface area contributed by atoms with Crippen molar-refractivity contribution in [3.8, 4) is 11.5 Å². The summed E-state index contributed by atoms with van der Waals surface area (Å²) < 4.78 is 24.3. The van der Waals surface area contributed by atoms with Gasteiger partial charge in [0.05, 0.1) is 13.2 Å². The molecule has 2 aliphatic heterocycles. The Hall–Kier alpha value is -3.17. The van der Waals surface area contributed by atoms with E-state index in [-0.39, 0.29) is 53.6 Å². The van der Waals surface area contributed by atoms with Gasteiger partial charge in [-0.2, -0.15) is 0 Å². The molecule has 0 bridgehead atoms. The average Bonchev–Trinajstić information content (AvgIpc) is 3.16. The van der Waals surface area contributed by atoms with Gasteiger partial charge in [-0.05, 0) is 42.2 Å². The van der Waals surface area contributed by atoms with Gasteiger partial charge in [-0.25, -0.2) is 4.39 Å². The summed E-state index contributed by atoms with van der Waals surface area (Å²) in [5.41, 5.74) is -0.0965. The van der Waals surface area contributed by atoms with Gasteiger partial charge in [0.1, 0.15) is 18.1 Å². The van der Waals surface area contributed by atoms with Crippen LogP contribution in [0, 0.1) is 29.0 Å². The number of amides is 3. The van der Waals surface area contributed by atoms with Crippen LogP contribution in [-0.2, 0) is 19.2 Å². The second kappa shape index (κ2) is 9.23. The molecule has 0 aromatic heterocycles. The van der Waals surface area contributed by atoms with E-state index in [1.165, 1.54) is 24.1 Å². The number of hydrogen-bond acceptors (Lipinski definition) is 6. The maximum absolute atomic E-state index is 13.9. The van der Waals surface area contributed by atoms with E-state index in [1.54, 1.807) is 0 Å². The summed E-state index contributed by atoms with van der Waals surface area (Å²) in [5.74, 6) is -1.46.